The van der Waals surface area contributed by atoms with Gasteiger partial charge < -0.3 is 5.32 Å². The summed E-state index contributed by atoms with van der Waals surface area (Å²) >= 11 is 11.6. The summed E-state index contributed by atoms with van der Waals surface area (Å²) in [5.74, 6) is 0. The van der Waals surface area contributed by atoms with Gasteiger partial charge in [-0.15, -0.1) is 0 Å². The van der Waals surface area contributed by atoms with Crippen LogP contribution in [-0.4, -0.2) is 7.05 Å². The molecule has 3 heteroatoms. The van der Waals surface area contributed by atoms with Crippen LogP contribution in [0.2, 0.25) is 10.0 Å². The van der Waals surface area contributed by atoms with Crippen molar-refractivity contribution in [3.8, 4) is 0 Å². The molecule has 1 aromatic carbocycles. The summed E-state index contributed by atoms with van der Waals surface area (Å²) in [4.78, 5) is 0. The Morgan fingerprint density at radius 3 is 2.64 bits per heavy atom. The molecule has 0 radical (unpaired) electrons. The molecule has 0 fully saturated rings. The summed E-state index contributed by atoms with van der Waals surface area (Å²) in [6.07, 6.45) is 0. The third-order valence-electron chi connectivity index (χ3n) is 1.44. The molecule has 0 aliphatic carbocycles. The molecule has 0 bridgehead atoms. The van der Waals surface area contributed by atoms with Crippen molar-refractivity contribution in [2.24, 2.45) is 0 Å². The SMILES string of the molecule is C[NH2+]Cc1ccc(Cl)cc1Cl. The maximum atomic E-state index is 5.90. The Hall–Kier alpha value is -0.240. The van der Waals surface area contributed by atoms with Crippen molar-refractivity contribution in [2.75, 3.05) is 7.05 Å². The lowest BCUT2D eigenvalue weighted by Gasteiger charge is -2.00. The highest BCUT2D eigenvalue weighted by Crippen LogP contribution is 2.19. The molecule has 0 saturated heterocycles. The quantitative estimate of drug-likeness (QED) is 0.732. The minimum Gasteiger partial charge on any atom is -0.345 e. The minimum atomic E-state index is 0.690. The van der Waals surface area contributed by atoms with Crippen LogP contribution < -0.4 is 5.32 Å². The Bertz CT molecular complexity index is 248. The van der Waals surface area contributed by atoms with Gasteiger partial charge in [0.15, 0.2) is 0 Å². The standard InChI is InChI=1S/C8H9Cl2N/c1-11-5-6-2-3-7(9)4-8(6)10/h2-4,11H,5H2,1H3/p+1. The van der Waals surface area contributed by atoms with Crippen molar-refractivity contribution in [2.45, 2.75) is 6.54 Å². The van der Waals surface area contributed by atoms with Gasteiger partial charge in [-0.05, 0) is 12.1 Å². The third kappa shape index (κ3) is 2.37. The fraction of sp³-hybridized carbons (Fsp3) is 0.250. The molecular weight excluding hydrogens is 181 g/mol. The summed E-state index contributed by atoms with van der Waals surface area (Å²) < 4.78 is 0. The van der Waals surface area contributed by atoms with Crippen molar-refractivity contribution in [3.63, 3.8) is 0 Å². The molecule has 1 aromatic rings. The molecule has 0 aliphatic heterocycles. The average Bonchev–Trinajstić information content (AvgIpc) is 1.95. The third-order valence-corrected chi connectivity index (χ3v) is 2.03. The van der Waals surface area contributed by atoms with Gasteiger partial charge in [-0.2, -0.15) is 0 Å². The summed E-state index contributed by atoms with van der Waals surface area (Å²) in [5.41, 5.74) is 1.12. The smallest absolute Gasteiger partial charge is 0.102 e. The van der Waals surface area contributed by atoms with Gasteiger partial charge in [0.2, 0.25) is 0 Å². The number of hydrogen-bond acceptors (Lipinski definition) is 0. The lowest BCUT2D eigenvalue weighted by molar-refractivity contribution is -0.643. The molecule has 1 nitrogen and oxygen atoms in total. The number of quaternary nitrogens is 1. The highest BCUT2D eigenvalue weighted by molar-refractivity contribution is 6.35. The van der Waals surface area contributed by atoms with E-state index in [9.17, 15) is 0 Å². The lowest BCUT2D eigenvalue weighted by Crippen LogP contribution is -2.77. The van der Waals surface area contributed by atoms with E-state index in [-0.39, 0.29) is 0 Å². The summed E-state index contributed by atoms with van der Waals surface area (Å²) in [7, 11) is 2.00. The van der Waals surface area contributed by atoms with E-state index in [0.717, 1.165) is 17.1 Å². The monoisotopic (exact) mass is 190 g/mol. The van der Waals surface area contributed by atoms with Crippen molar-refractivity contribution in [3.05, 3.63) is 33.8 Å². The van der Waals surface area contributed by atoms with Gasteiger partial charge in [-0.25, -0.2) is 0 Å². The molecule has 0 aromatic heterocycles. The predicted molar refractivity (Wildman–Crippen MR) is 48.0 cm³/mol. The van der Waals surface area contributed by atoms with Crippen LogP contribution in [0.3, 0.4) is 0 Å². The molecule has 0 atom stereocenters. The zero-order valence-corrected chi connectivity index (χ0v) is 7.78. The summed E-state index contributed by atoms with van der Waals surface area (Å²) in [6, 6.07) is 5.57. The van der Waals surface area contributed by atoms with E-state index < -0.39 is 0 Å². The van der Waals surface area contributed by atoms with E-state index in [4.69, 9.17) is 23.2 Å². The van der Waals surface area contributed by atoms with Crippen molar-refractivity contribution in [1.29, 1.82) is 0 Å². The average molecular weight is 191 g/mol. The van der Waals surface area contributed by atoms with Crippen LogP contribution in [0.4, 0.5) is 0 Å². The molecule has 60 valence electrons. The molecule has 2 N–H and O–H groups in total. The Balaban J connectivity index is 2.90. The second-order valence-corrected chi connectivity index (χ2v) is 3.19. The molecule has 0 amide bonds. The highest BCUT2D eigenvalue weighted by Gasteiger charge is 2.00. The Morgan fingerprint density at radius 1 is 1.36 bits per heavy atom. The molecule has 0 heterocycles. The van der Waals surface area contributed by atoms with E-state index in [1.165, 1.54) is 0 Å². The first-order valence-corrected chi connectivity index (χ1v) is 4.21. The van der Waals surface area contributed by atoms with Gasteiger partial charge in [0.05, 0.1) is 12.1 Å². The number of hydrogen-bond donors (Lipinski definition) is 1. The Kier molecular flexibility index (Phi) is 3.18. The summed E-state index contributed by atoms with van der Waals surface area (Å²) in [6.45, 7) is 0.899. The van der Waals surface area contributed by atoms with Crippen LogP contribution in [0.25, 0.3) is 0 Å². The topological polar surface area (TPSA) is 16.6 Å². The number of benzene rings is 1. The van der Waals surface area contributed by atoms with Crippen LogP contribution in [0, 0.1) is 0 Å². The number of rotatable bonds is 2. The first-order chi connectivity index (χ1) is 5.24. The number of nitrogens with two attached hydrogens (primary N) is 1. The maximum Gasteiger partial charge on any atom is 0.102 e. The van der Waals surface area contributed by atoms with Gasteiger partial charge >= 0.3 is 0 Å². The minimum absolute atomic E-state index is 0.690. The second-order valence-electron chi connectivity index (χ2n) is 2.35. The fourth-order valence-electron chi connectivity index (χ4n) is 0.907. The van der Waals surface area contributed by atoms with Gasteiger partial charge in [0, 0.05) is 10.6 Å². The van der Waals surface area contributed by atoms with E-state index >= 15 is 0 Å². The van der Waals surface area contributed by atoms with Crippen LogP contribution >= 0.6 is 23.2 Å². The van der Waals surface area contributed by atoms with Crippen LogP contribution in [-0.2, 0) is 6.54 Å². The van der Waals surface area contributed by atoms with Crippen molar-refractivity contribution < 1.29 is 5.32 Å². The molecule has 1 rings (SSSR count). The lowest BCUT2D eigenvalue weighted by atomic mass is 10.2. The Morgan fingerprint density at radius 2 is 2.09 bits per heavy atom. The van der Waals surface area contributed by atoms with E-state index in [1.54, 1.807) is 6.07 Å². The van der Waals surface area contributed by atoms with Gasteiger partial charge in [-0.3, -0.25) is 0 Å². The normalized spacial score (nSPS) is 10.1. The number of halogens is 2. The Labute approximate surface area is 76.3 Å². The van der Waals surface area contributed by atoms with E-state index in [2.05, 4.69) is 5.32 Å². The van der Waals surface area contributed by atoms with Gasteiger partial charge in [-0.1, -0.05) is 29.3 Å². The molecular formula is C8H10Cl2N+. The van der Waals surface area contributed by atoms with Crippen LogP contribution in [0.1, 0.15) is 5.56 Å². The van der Waals surface area contributed by atoms with Gasteiger partial charge in [0.25, 0.3) is 0 Å². The summed E-state index contributed by atoms with van der Waals surface area (Å²) in [5, 5.41) is 3.50. The van der Waals surface area contributed by atoms with Gasteiger partial charge in [0.1, 0.15) is 6.54 Å². The van der Waals surface area contributed by atoms with E-state index in [0.29, 0.717) is 5.02 Å². The molecule has 0 spiro atoms. The molecule has 0 unspecified atom stereocenters. The molecule has 0 saturated carbocycles. The largest absolute Gasteiger partial charge is 0.345 e. The van der Waals surface area contributed by atoms with Crippen LogP contribution in [0.15, 0.2) is 18.2 Å². The zero-order valence-electron chi connectivity index (χ0n) is 6.27. The zero-order chi connectivity index (χ0) is 8.27. The first-order valence-electron chi connectivity index (χ1n) is 3.46. The second kappa shape index (κ2) is 3.96. The first kappa shape index (κ1) is 8.85. The van der Waals surface area contributed by atoms with Crippen molar-refractivity contribution in [1.82, 2.24) is 0 Å². The van der Waals surface area contributed by atoms with Crippen LogP contribution in [0.5, 0.6) is 0 Å². The maximum absolute atomic E-state index is 5.90. The van der Waals surface area contributed by atoms with Crippen molar-refractivity contribution >= 4 is 23.2 Å². The molecule has 11 heavy (non-hydrogen) atoms. The fourth-order valence-corrected chi connectivity index (χ4v) is 1.39. The predicted octanol–water partition coefficient (Wildman–Crippen LogP) is 1.69. The van der Waals surface area contributed by atoms with E-state index in [1.807, 2.05) is 19.2 Å². The molecule has 0 aliphatic rings. The highest BCUT2D eigenvalue weighted by atomic mass is 35.5.